The maximum Gasteiger partial charge on any atom is 0.264 e. The van der Waals surface area contributed by atoms with Crippen molar-refractivity contribution in [2.75, 3.05) is 6.54 Å². The zero-order chi connectivity index (χ0) is 16.2. The third-order valence-electron chi connectivity index (χ3n) is 3.76. The van der Waals surface area contributed by atoms with Crippen LogP contribution in [0.2, 0.25) is 0 Å². The first-order valence-electron chi connectivity index (χ1n) is 7.43. The van der Waals surface area contributed by atoms with Crippen LogP contribution in [-0.2, 0) is 13.5 Å². The maximum absolute atomic E-state index is 12.3. The van der Waals surface area contributed by atoms with Gasteiger partial charge in [0.2, 0.25) is 0 Å². The summed E-state index contributed by atoms with van der Waals surface area (Å²) in [5.74, 6) is -0.354. The van der Waals surface area contributed by atoms with Crippen molar-refractivity contribution in [2.24, 2.45) is 7.05 Å². The molecule has 0 aliphatic heterocycles. The summed E-state index contributed by atoms with van der Waals surface area (Å²) in [5, 5.41) is 3.57. The Morgan fingerprint density at radius 3 is 2.74 bits per heavy atom. The van der Waals surface area contributed by atoms with Crippen LogP contribution in [0.1, 0.15) is 15.9 Å². The van der Waals surface area contributed by atoms with E-state index >= 15 is 0 Å². The molecule has 0 bridgehead atoms. The Morgan fingerprint density at radius 2 is 1.96 bits per heavy atom. The van der Waals surface area contributed by atoms with Crippen LogP contribution in [0.25, 0.3) is 11.0 Å². The minimum atomic E-state index is -0.354. The molecule has 3 aromatic rings. The van der Waals surface area contributed by atoms with E-state index in [9.17, 15) is 9.59 Å². The standard InChI is InChI=1S/C18H17N3O2/c1-21-16-14(8-5-10-19-16)12-15(18(21)23)17(22)20-11-9-13-6-3-2-4-7-13/h2-8,10,12H,9,11H2,1H3,(H,20,22). The number of aryl methyl sites for hydroxylation is 1. The lowest BCUT2D eigenvalue weighted by Crippen LogP contribution is -2.33. The zero-order valence-corrected chi connectivity index (χ0v) is 12.8. The maximum atomic E-state index is 12.3. The second-order valence-corrected chi connectivity index (χ2v) is 5.33. The minimum Gasteiger partial charge on any atom is -0.352 e. The van der Waals surface area contributed by atoms with Crippen LogP contribution in [0.15, 0.2) is 59.5 Å². The highest BCUT2D eigenvalue weighted by Gasteiger charge is 2.14. The number of hydrogen-bond acceptors (Lipinski definition) is 3. The van der Waals surface area contributed by atoms with Gasteiger partial charge in [0.1, 0.15) is 11.2 Å². The molecule has 2 heterocycles. The molecule has 0 unspecified atom stereocenters. The third kappa shape index (κ3) is 3.13. The van der Waals surface area contributed by atoms with Crippen LogP contribution < -0.4 is 10.9 Å². The van der Waals surface area contributed by atoms with E-state index in [2.05, 4.69) is 10.3 Å². The van der Waals surface area contributed by atoms with Crippen molar-refractivity contribution in [3.8, 4) is 0 Å². The first kappa shape index (κ1) is 15.0. The molecule has 5 nitrogen and oxygen atoms in total. The number of fused-ring (bicyclic) bond motifs is 1. The van der Waals surface area contributed by atoms with Crippen LogP contribution in [0.4, 0.5) is 0 Å². The largest absolute Gasteiger partial charge is 0.352 e. The molecule has 0 radical (unpaired) electrons. The summed E-state index contributed by atoms with van der Waals surface area (Å²) < 4.78 is 1.40. The van der Waals surface area contributed by atoms with E-state index in [1.54, 1.807) is 25.4 Å². The summed E-state index contributed by atoms with van der Waals surface area (Å²) in [5.41, 5.74) is 1.51. The Balaban J connectivity index is 1.78. The normalized spacial score (nSPS) is 10.7. The van der Waals surface area contributed by atoms with Gasteiger partial charge in [-0.3, -0.25) is 14.2 Å². The molecule has 1 amide bonds. The number of carbonyl (C=O) groups is 1. The number of pyridine rings is 2. The monoisotopic (exact) mass is 307 g/mol. The molecule has 0 saturated heterocycles. The first-order chi connectivity index (χ1) is 11.2. The molecular formula is C18H17N3O2. The van der Waals surface area contributed by atoms with Gasteiger partial charge >= 0.3 is 0 Å². The smallest absolute Gasteiger partial charge is 0.264 e. The van der Waals surface area contributed by atoms with Gasteiger partial charge in [-0.25, -0.2) is 4.98 Å². The number of nitrogens with zero attached hydrogens (tertiary/aromatic N) is 2. The van der Waals surface area contributed by atoms with E-state index in [0.29, 0.717) is 12.2 Å². The molecule has 116 valence electrons. The molecule has 3 rings (SSSR count). The average Bonchev–Trinajstić information content (AvgIpc) is 2.59. The molecule has 0 atom stereocenters. The second-order valence-electron chi connectivity index (χ2n) is 5.33. The number of aromatic nitrogens is 2. The number of hydrogen-bond donors (Lipinski definition) is 1. The molecular weight excluding hydrogens is 290 g/mol. The van der Waals surface area contributed by atoms with Gasteiger partial charge in [0.25, 0.3) is 11.5 Å². The van der Waals surface area contributed by atoms with Crippen LogP contribution in [0.3, 0.4) is 0 Å². The van der Waals surface area contributed by atoms with Gasteiger partial charge in [-0.1, -0.05) is 30.3 Å². The topological polar surface area (TPSA) is 64.0 Å². The minimum absolute atomic E-state index is 0.140. The van der Waals surface area contributed by atoms with Crippen molar-refractivity contribution in [3.63, 3.8) is 0 Å². The summed E-state index contributed by atoms with van der Waals surface area (Å²) in [6, 6.07) is 15.1. The number of carbonyl (C=O) groups excluding carboxylic acids is 1. The molecule has 0 spiro atoms. The lowest BCUT2D eigenvalue weighted by atomic mass is 10.1. The molecule has 23 heavy (non-hydrogen) atoms. The molecule has 1 N–H and O–H groups in total. The number of amides is 1. The highest BCUT2D eigenvalue weighted by molar-refractivity contribution is 5.96. The third-order valence-corrected chi connectivity index (χ3v) is 3.76. The van der Waals surface area contributed by atoms with Gasteiger partial charge in [0, 0.05) is 25.2 Å². The van der Waals surface area contributed by atoms with Crippen LogP contribution in [0.5, 0.6) is 0 Å². The fourth-order valence-corrected chi connectivity index (χ4v) is 2.52. The first-order valence-corrected chi connectivity index (χ1v) is 7.43. The summed E-state index contributed by atoms with van der Waals surface area (Å²) in [6.07, 6.45) is 2.35. The van der Waals surface area contributed by atoms with Gasteiger partial charge in [-0.15, -0.1) is 0 Å². The van der Waals surface area contributed by atoms with Crippen molar-refractivity contribution in [3.05, 3.63) is 76.2 Å². The SMILES string of the molecule is Cn1c(=O)c(C(=O)NCCc2ccccc2)cc2cccnc21. The summed E-state index contributed by atoms with van der Waals surface area (Å²) in [7, 11) is 1.62. The summed E-state index contributed by atoms with van der Waals surface area (Å²) in [4.78, 5) is 28.8. The zero-order valence-electron chi connectivity index (χ0n) is 12.8. The Bertz CT molecular complexity index is 901. The number of benzene rings is 1. The fourth-order valence-electron chi connectivity index (χ4n) is 2.52. The molecule has 1 aromatic carbocycles. The molecule has 2 aromatic heterocycles. The summed E-state index contributed by atoms with van der Waals surface area (Å²) in [6.45, 7) is 0.483. The van der Waals surface area contributed by atoms with E-state index in [1.165, 1.54) is 4.57 Å². The molecule has 5 heteroatoms. The predicted octanol–water partition coefficient (Wildman–Crippen LogP) is 1.91. The van der Waals surface area contributed by atoms with Crippen molar-refractivity contribution in [1.29, 1.82) is 0 Å². The van der Waals surface area contributed by atoms with Crippen molar-refractivity contribution >= 4 is 16.9 Å². The fraction of sp³-hybridized carbons (Fsp3) is 0.167. The molecule has 0 saturated carbocycles. The van der Waals surface area contributed by atoms with Crippen LogP contribution in [0, 0.1) is 0 Å². The lowest BCUT2D eigenvalue weighted by molar-refractivity contribution is 0.0952. The quantitative estimate of drug-likeness (QED) is 0.801. The van der Waals surface area contributed by atoms with Gasteiger partial charge < -0.3 is 5.32 Å². The Morgan fingerprint density at radius 1 is 1.17 bits per heavy atom. The Hall–Kier alpha value is -2.95. The average molecular weight is 307 g/mol. The van der Waals surface area contributed by atoms with Gasteiger partial charge in [-0.05, 0) is 30.2 Å². The van der Waals surface area contributed by atoms with Crippen molar-refractivity contribution in [1.82, 2.24) is 14.9 Å². The summed E-state index contributed by atoms with van der Waals surface area (Å²) >= 11 is 0. The Labute approximate surface area is 133 Å². The predicted molar refractivity (Wildman–Crippen MR) is 89.5 cm³/mol. The van der Waals surface area contributed by atoms with E-state index < -0.39 is 0 Å². The van der Waals surface area contributed by atoms with E-state index in [4.69, 9.17) is 0 Å². The van der Waals surface area contributed by atoms with Crippen LogP contribution >= 0.6 is 0 Å². The van der Waals surface area contributed by atoms with Gasteiger partial charge in [0.15, 0.2) is 0 Å². The number of nitrogens with one attached hydrogen (secondary N) is 1. The van der Waals surface area contributed by atoms with Crippen molar-refractivity contribution in [2.45, 2.75) is 6.42 Å². The highest BCUT2D eigenvalue weighted by atomic mass is 16.2. The molecule has 0 aliphatic carbocycles. The van der Waals surface area contributed by atoms with E-state index in [-0.39, 0.29) is 17.0 Å². The highest BCUT2D eigenvalue weighted by Crippen LogP contribution is 2.09. The second kappa shape index (κ2) is 6.44. The lowest BCUT2D eigenvalue weighted by Gasteiger charge is -2.08. The molecule has 0 fully saturated rings. The van der Waals surface area contributed by atoms with Crippen molar-refractivity contribution < 1.29 is 4.79 Å². The number of rotatable bonds is 4. The Kier molecular flexibility index (Phi) is 4.19. The molecule has 0 aliphatic rings. The van der Waals surface area contributed by atoms with E-state index in [0.717, 1.165) is 17.4 Å². The van der Waals surface area contributed by atoms with E-state index in [1.807, 2.05) is 36.4 Å². The van der Waals surface area contributed by atoms with Gasteiger partial charge in [-0.2, -0.15) is 0 Å². The van der Waals surface area contributed by atoms with Gasteiger partial charge in [0.05, 0.1) is 0 Å². The van der Waals surface area contributed by atoms with Crippen LogP contribution in [-0.4, -0.2) is 22.0 Å².